The zero-order chi connectivity index (χ0) is 13.8. The van der Waals surface area contributed by atoms with Gasteiger partial charge in [-0.05, 0) is 18.2 Å². The number of carbonyl (C=O) groups excluding carboxylic acids is 1. The van der Waals surface area contributed by atoms with Crippen LogP contribution < -0.4 is 0 Å². The van der Waals surface area contributed by atoms with Gasteiger partial charge >= 0.3 is 0 Å². The molecule has 0 aliphatic carbocycles. The number of hydrogen-bond acceptors (Lipinski definition) is 3. The van der Waals surface area contributed by atoms with Gasteiger partial charge in [0.1, 0.15) is 5.75 Å². The summed E-state index contributed by atoms with van der Waals surface area (Å²) in [5.41, 5.74) is 0.354. The zero-order valence-corrected chi connectivity index (χ0v) is 12.0. The summed E-state index contributed by atoms with van der Waals surface area (Å²) in [6.45, 7) is 3.78. The predicted molar refractivity (Wildman–Crippen MR) is 76.2 cm³/mol. The van der Waals surface area contributed by atoms with Gasteiger partial charge < -0.3 is 10.0 Å². The topological polar surface area (TPSA) is 43.8 Å². The fourth-order valence-corrected chi connectivity index (χ4v) is 2.58. The van der Waals surface area contributed by atoms with E-state index in [0.29, 0.717) is 29.6 Å². The number of halogens is 2. The first-order chi connectivity index (χ1) is 9.11. The van der Waals surface area contributed by atoms with Gasteiger partial charge in [0.15, 0.2) is 0 Å². The van der Waals surface area contributed by atoms with Crippen LogP contribution in [0.25, 0.3) is 0 Å². The predicted octanol–water partition coefficient (Wildman–Crippen LogP) is 2.04. The van der Waals surface area contributed by atoms with E-state index in [9.17, 15) is 9.90 Å². The molecule has 1 N–H and O–H groups in total. The average Bonchev–Trinajstić information content (AvgIpc) is 2.42. The number of piperazine rings is 1. The van der Waals surface area contributed by atoms with Crippen LogP contribution in [0.1, 0.15) is 10.4 Å². The van der Waals surface area contributed by atoms with Crippen molar-refractivity contribution < 1.29 is 9.90 Å². The molecule has 0 unspecified atom stereocenters. The van der Waals surface area contributed by atoms with Crippen molar-refractivity contribution in [3.05, 3.63) is 28.8 Å². The van der Waals surface area contributed by atoms with Gasteiger partial charge in [-0.1, -0.05) is 11.6 Å². The van der Waals surface area contributed by atoms with Gasteiger partial charge in [0.25, 0.3) is 5.91 Å². The van der Waals surface area contributed by atoms with Gasteiger partial charge in [-0.3, -0.25) is 9.69 Å². The summed E-state index contributed by atoms with van der Waals surface area (Å²) >= 11 is 11.7. The second kappa shape index (κ2) is 6.46. The number of benzene rings is 1. The summed E-state index contributed by atoms with van der Waals surface area (Å²) in [4.78, 5) is 16.3. The van der Waals surface area contributed by atoms with Crippen LogP contribution in [-0.2, 0) is 0 Å². The first-order valence-electron chi connectivity index (χ1n) is 6.18. The molecule has 104 valence electrons. The molecule has 0 aromatic heterocycles. The molecule has 1 aromatic carbocycles. The molecule has 1 heterocycles. The molecule has 1 aliphatic heterocycles. The number of phenols is 1. The number of amides is 1. The Balaban J connectivity index is 2.03. The highest BCUT2D eigenvalue weighted by atomic mass is 35.5. The molecular formula is C13H16Cl2N2O2. The fraction of sp³-hybridized carbons (Fsp3) is 0.462. The summed E-state index contributed by atoms with van der Waals surface area (Å²) in [7, 11) is 0. The van der Waals surface area contributed by atoms with E-state index in [0.717, 1.165) is 19.6 Å². The lowest BCUT2D eigenvalue weighted by molar-refractivity contribution is 0.0644. The van der Waals surface area contributed by atoms with E-state index >= 15 is 0 Å². The van der Waals surface area contributed by atoms with Gasteiger partial charge in [0.2, 0.25) is 0 Å². The standard InChI is InChI=1S/C13H16Cl2N2O2/c14-3-4-16-5-7-17(8-6-16)13(19)11-9-10(18)1-2-12(11)15/h1-2,9,18H,3-8H2. The lowest BCUT2D eigenvalue weighted by atomic mass is 10.1. The molecule has 0 spiro atoms. The molecule has 4 nitrogen and oxygen atoms in total. The summed E-state index contributed by atoms with van der Waals surface area (Å²) in [5.74, 6) is 0.520. The van der Waals surface area contributed by atoms with Crippen LogP contribution >= 0.6 is 23.2 Å². The zero-order valence-electron chi connectivity index (χ0n) is 10.5. The Labute approximate surface area is 122 Å². The van der Waals surface area contributed by atoms with Crippen LogP contribution in [0.5, 0.6) is 5.75 Å². The third-order valence-corrected chi connectivity index (χ3v) is 3.74. The summed E-state index contributed by atoms with van der Waals surface area (Å²) in [6, 6.07) is 4.42. The highest BCUT2D eigenvalue weighted by molar-refractivity contribution is 6.33. The van der Waals surface area contributed by atoms with E-state index in [1.54, 1.807) is 4.90 Å². The van der Waals surface area contributed by atoms with Crippen LogP contribution in [0, 0.1) is 0 Å². The molecule has 6 heteroatoms. The molecule has 0 saturated carbocycles. The average molecular weight is 303 g/mol. The smallest absolute Gasteiger partial charge is 0.255 e. The summed E-state index contributed by atoms with van der Waals surface area (Å²) in [5, 5.41) is 9.81. The second-order valence-electron chi connectivity index (χ2n) is 4.49. The van der Waals surface area contributed by atoms with Crippen molar-refractivity contribution >= 4 is 29.1 Å². The van der Waals surface area contributed by atoms with Gasteiger partial charge in [0, 0.05) is 38.6 Å². The number of hydrogen-bond donors (Lipinski definition) is 1. The Morgan fingerprint density at radius 1 is 1.26 bits per heavy atom. The minimum absolute atomic E-state index is 0.0496. The lowest BCUT2D eigenvalue weighted by Gasteiger charge is -2.34. The molecule has 19 heavy (non-hydrogen) atoms. The van der Waals surface area contributed by atoms with Crippen molar-refractivity contribution in [2.75, 3.05) is 38.6 Å². The third-order valence-electron chi connectivity index (χ3n) is 3.24. The molecule has 1 aromatic rings. The minimum Gasteiger partial charge on any atom is -0.508 e. The molecule has 2 rings (SSSR count). The molecule has 0 radical (unpaired) electrons. The molecule has 0 atom stereocenters. The van der Waals surface area contributed by atoms with E-state index in [1.165, 1.54) is 18.2 Å². The normalized spacial score (nSPS) is 16.6. The monoisotopic (exact) mass is 302 g/mol. The summed E-state index contributed by atoms with van der Waals surface area (Å²) in [6.07, 6.45) is 0. The van der Waals surface area contributed by atoms with Gasteiger partial charge in [-0.25, -0.2) is 0 Å². The number of phenolic OH excluding ortho intramolecular Hbond substituents is 1. The van der Waals surface area contributed by atoms with Crippen molar-refractivity contribution in [2.24, 2.45) is 0 Å². The van der Waals surface area contributed by atoms with Crippen molar-refractivity contribution in [3.63, 3.8) is 0 Å². The van der Waals surface area contributed by atoms with E-state index in [-0.39, 0.29) is 11.7 Å². The van der Waals surface area contributed by atoms with Crippen molar-refractivity contribution in [3.8, 4) is 5.75 Å². The highest BCUT2D eigenvalue weighted by Gasteiger charge is 2.23. The maximum absolute atomic E-state index is 12.3. The molecule has 0 bridgehead atoms. The maximum Gasteiger partial charge on any atom is 0.255 e. The second-order valence-corrected chi connectivity index (χ2v) is 5.27. The Morgan fingerprint density at radius 2 is 1.95 bits per heavy atom. The van der Waals surface area contributed by atoms with Gasteiger partial charge in [-0.15, -0.1) is 11.6 Å². The van der Waals surface area contributed by atoms with Crippen molar-refractivity contribution in [2.45, 2.75) is 0 Å². The Hall–Kier alpha value is -0.970. The largest absolute Gasteiger partial charge is 0.508 e. The van der Waals surface area contributed by atoms with E-state index in [2.05, 4.69) is 4.90 Å². The van der Waals surface area contributed by atoms with E-state index < -0.39 is 0 Å². The molecule has 1 fully saturated rings. The Kier molecular flexibility index (Phi) is 4.91. The number of alkyl halides is 1. The van der Waals surface area contributed by atoms with Crippen LogP contribution in [0.4, 0.5) is 0 Å². The first kappa shape index (κ1) is 14.4. The third kappa shape index (κ3) is 3.53. The van der Waals surface area contributed by atoms with Crippen molar-refractivity contribution in [1.82, 2.24) is 9.80 Å². The van der Waals surface area contributed by atoms with Crippen LogP contribution in [0.2, 0.25) is 5.02 Å². The molecule has 1 amide bonds. The number of carbonyl (C=O) groups is 1. The van der Waals surface area contributed by atoms with Gasteiger partial charge in [-0.2, -0.15) is 0 Å². The molecular weight excluding hydrogens is 287 g/mol. The number of rotatable bonds is 3. The molecule has 1 saturated heterocycles. The Morgan fingerprint density at radius 3 is 2.58 bits per heavy atom. The van der Waals surface area contributed by atoms with Crippen LogP contribution in [0.3, 0.4) is 0 Å². The lowest BCUT2D eigenvalue weighted by Crippen LogP contribution is -2.49. The minimum atomic E-state index is -0.133. The quantitative estimate of drug-likeness (QED) is 0.869. The highest BCUT2D eigenvalue weighted by Crippen LogP contribution is 2.23. The van der Waals surface area contributed by atoms with Crippen LogP contribution in [-0.4, -0.2) is 59.4 Å². The fourth-order valence-electron chi connectivity index (χ4n) is 2.14. The van der Waals surface area contributed by atoms with E-state index in [1.807, 2.05) is 0 Å². The molecule has 1 aliphatic rings. The van der Waals surface area contributed by atoms with Crippen LogP contribution in [0.15, 0.2) is 18.2 Å². The van der Waals surface area contributed by atoms with Crippen molar-refractivity contribution in [1.29, 1.82) is 0 Å². The number of aromatic hydroxyl groups is 1. The first-order valence-corrected chi connectivity index (χ1v) is 7.09. The summed E-state index contributed by atoms with van der Waals surface area (Å²) < 4.78 is 0. The van der Waals surface area contributed by atoms with Gasteiger partial charge in [0.05, 0.1) is 10.6 Å². The Bertz CT molecular complexity index is 460. The van der Waals surface area contributed by atoms with E-state index in [4.69, 9.17) is 23.2 Å². The SMILES string of the molecule is O=C(c1cc(O)ccc1Cl)N1CCN(CCCl)CC1. The maximum atomic E-state index is 12.3. The number of nitrogens with zero attached hydrogens (tertiary/aromatic N) is 2.